The number of hydrogen-bond acceptors (Lipinski definition) is 13. The monoisotopic (exact) mass is 1060 g/mol. The molecule has 74 heavy (non-hydrogen) atoms. The molecule has 4 heterocycles. The molecule has 0 spiro atoms. The van der Waals surface area contributed by atoms with Crippen LogP contribution in [0.4, 0.5) is 22.7 Å². The van der Waals surface area contributed by atoms with E-state index in [1.54, 1.807) is 24.0 Å². The Morgan fingerprint density at radius 3 is 2.20 bits per heavy atom. The molecular formula is C56H61N5O10S3. The molecule has 0 aliphatic carbocycles. The Balaban J connectivity index is 0.897. The lowest BCUT2D eigenvalue weighted by molar-refractivity contribution is -0.120. The van der Waals surface area contributed by atoms with Crippen LogP contribution in [0, 0.1) is 6.92 Å². The second kappa shape index (κ2) is 22.2. The normalized spacial score (nSPS) is 16.9. The molecule has 0 saturated carbocycles. The number of methoxy groups -OCH3 is 1. The summed E-state index contributed by atoms with van der Waals surface area (Å²) in [5.41, 5.74) is 9.54. The lowest BCUT2D eigenvalue weighted by atomic mass is 9.99. The zero-order chi connectivity index (χ0) is 52.3. The molecule has 0 saturated heterocycles. The van der Waals surface area contributed by atoms with Crippen LogP contribution in [0.5, 0.6) is 17.2 Å². The van der Waals surface area contributed by atoms with Crippen LogP contribution in [0.3, 0.4) is 0 Å². The molecule has 15 nitrogen and oxygen atoms in total. The average molecular weight is 1060 g/mol. The molecule has 18 heteroatoms. The van der Waals surface area contributed by atoms with E-state index in [1.807, 2.05) is 102 Å². The number of hydrogen-bond donors (Lipinski definition) is 2. The van der Waals surface area contributed by atoms with Crippen LogP contribution < -0.4 is 34.6 Å². The topological polar surface area (TPSA) is 182 Å². The summed E-state index contributed by atoms with van der Waals surface area (Å²) in [6, 6.07) is 29.0. The van der Waals surface area contributed by atoms with Gasteiger partial charge in [0.15, 0.2) is 16.7 Å². The fraction of sp³-hybridized carbons (Fsp3) is 0.375. The highest BCUT2D eigenvalue weighted by molar-refractivity contribution is 8.77. The Labute approximate surface area is 440 Å². The van der Waals surface area contributed by atoms with E-state index >= 15 is 0 Å². The smallest absolute Gasteiger partial charge is 0.279 e. The summed E-state index contributed by atoms with van der Waals surface area (Å²) in [7, 11) is 3.03. The Kier molecular flexibility index (Phi) is 15.8. The third-order valence-electron chi connectivity index (χ3n) is 14.0. The molecule has 4 aliphatic heterocycles. The minimum atomic E-state index is -4.04. The van der Waals surface area contributed by atoms with Gasteiger partial charge in [0.1, 0.15) is 19.0 Å². The number of anilines is 3. The first-order valence-corrected chi connectivity index (χ1v) is 28.6. The van der Waals surface area contributed by atoms with Crippen molar-refractivity contribution >= 4 is 84.3 Å². The van der Waals surface area contributed by atoms with Gasteiger partial charge in [0.25, 0.3) is 21.9 Å². The molecule has 4 amide bonds. The van der Waals surface area contributed by atoms with Crippen molar-refractivity contribution in [2.75, 3.05) is 42.1 Å². The molecule has 3 atom stereocenters. The summed E-state index contributed by atoms with van der Waals surface area (Å²) in [6.45, 7) is 6.28. The highest BCUT2D eigenvalue weighted by Gasteiger charge is 2.39. The fourth-order valence-corrected chi connectivity index (χ4v) is 14.1. The van der Waals surface area contributed by atoms with Gasteiger partial charge in [0, 0.05) is 71.3 Å². The minimum absolute atomic E-state index is 0.0498. The second-order valence-corrected chi connectivity index (χ2v) is 24.6. The maximum atomic E-state index is 14.1. The SMILES string of the molecule is CNC(=O)C(CCSSC(C)(C)CCCC(=O)Nc1cc(COc2cc3c(cc2C)C(=O)N2c4ccccc4C[C@H]2C=N3)cc(COc2cc3c(cc2OC)C(=O)N2c4ccccc4C[C@H]2CC3)c1)S(=O)(=O)OC. The number of aliphatic imine (C=N–C) groups is 1. The summed E-state index contributed by atoms with van der Waals surface area (Å²) in [4.78, 5) is 62.6. The molecule has 1 unspecified atom stereocenters. The Morgan fingerprint density at radius 1 is 0.824 bits per heavy atom. The molecule has 9 rings (SSSR count). The van der Waals surface area contributed by atoms with Crippen LogP contribution in [-0.2, 0) is 56.4 Å². The number of para-hydroxylation sites is 2. The van der Waals surface area contributed by atoms with Gasteiger partial charge in [-0.25, -0.2) is 0 Å². The molecular weight excluding hydrogens is 999 g/mol. The van der Waals surface area contributed by atoms with Crippen LogP contribution in [0.15, 0.2) is 96.0 Å². The molecule has 0 radical (unpaired) electrons. The number of amides is 4. The van der Waals surface area contributed by atoms with Crippen molar-refractivity contribution in [3.63, 3.8) is 0 Å². The molecule has 4 aliphatic rings. The number of nitrogens with zero attached hydrogens (tertiary/aromatic N) is 3. The summed E-state index contributed by atoms with van der Waals surface area (Å²) >= 11 is 0. The maximum absolute atomic E-state index is 14.1. The van der Waals surface area contributed by atoms with E-state index in [0.717, 1.165) is 59.1 Å². The predicted octanol–water partition coefficient (Wildman–Crippen LogP) is 9.72. The molecule has 0 fully saturated rings. The van der Waals surface area contributed by atoms with Crippen molar-refractivity contribution in [3.05, 3.63) is 136 Å². The number of carbonyl (C=O) groups is 4. The first-order valence-electron chi connectivity index (χ1n) is 24.8. The van der Waals surface area contributed by atoms with Crippen molar-refractivity contribution in [2.24, 2.45) is 4.99 Å². The van der Waals surface area contributed by atoms with Crippen LogP contribution in [0.1, 0.15) is 100 Å². The summed E-state index contributed by atoms with van der Waals surface area (Å²) in [6.07, 6.45) is 6.48. The van der Waals surface area contributed by atoms with E-state index in [4.69, 9.17) is 19.2 Å². The molecule has 388 valence electrons. The van der Waals surface area contributed by atoms with Gasteiger partial charge in [-0.05, 0) is 141 Å². The van der Waals surface area contributed by atoms with Gasteiger partial charge in [-0.2, -0.15) is 8.42 Å². The maximum Gasteiger partial charge on any atom is 0.279 e. The van der Waals surface area contributed by atoms with Crippen LogP contribution >= 0.6 is 21.6 Å². The van der Waals surface area contributed by atoms with Crippen LogP contribution in [0.25, 0.3) is 0 Å². The van der Waals surface area contributed by atoms with E-state index in [-0.39, 0.29) is 60.6 Å². The molecule has 2 N–H and O–H groups in total. The lowest BCUT2D eigenvalue weighted by Gasteiger charge is -2.23. The number of aryl methyl sites for hydroxylation is 2. The van der Waals surface area contributed by atoms with E-state index < -0.39 is 21.3 Å². The number of fused-ring (bicyclic) bond motifs is 8. The number of nitrogens with one attached hydrogen (secondary N) is 2. The Bertz CT molecular complexity index is 3140. The summed E-state index contributed by atoms with van der Waals surface area (Å²) in [5, 5.41) is 4.20. The second-order valence-electron chi connectivity index (χ2n) is 19.6. The van der Waals surface area contributed by atoms with E-state index in [2.05, 4.69) is 34.7 Å². The largest absolute Gasteiger partial charge is 0.493 e. The average Bonchev–Trinajstić information content (AvgIpc) is 3.88. The zero-order valence-electron chi connectivity index (χ0n) is 42.4. The first kappa shape index (κ1) is 52.5. The summed E-state index contributed by atoms with van der Waals surface area (Å²) < 4.78 is 47.9. The molecule has 5 aromatic carbocycles. The van der Waals surface area contributed by atoms with Crippen molar-refractivity contribution in [2.45, 2.75) is 107 Å². The fourth-order valence-electron chi connectivity index (χ4n) is 10.2. The highest BCUT2D eigenvalue weighted by Crippen LogP contribution is 2.43. The standard InChI is InChI=1S/C56H61N5O10S3/c1-34-22-44-45(58-31-42-27-39-13-8-10-15-47(39)61(42)55(44)65)30-48(34)70-32-35-23-36(25-40(24-35)59-52(62)16-11-20-56(2,3)73-72-21-19-51(53(63)57-4)74(66,67)69-6)33-71-50-28-37-17-18-41-26-38-12-7-9-14-46(38)60(41)54(64)43(37)29-49(50)68-5/h7-10,12-15,22-25,28-31,41-42,51H,11,16-21,26-27,32-33H2,1-6H3,(H,57,63)(H,59,62)/t41-,42+,51?/m1/s1. The van der Waals surface area contributed by atoms with Gasteiger partial charge in [-0.1, -0.05) is 58.0 Å². The van der Waals surface area contributed by atoms with Gasteiger partial charge in [0.2, 0.25) is 11.8 Å². The van der Waals surface area contributed by atoms with Gasteiger partial charge in [-0.3, -0.25) is 33.3 Å². The third-order valence-corrected chi connectivity index (χ3v) is 19.0. The minimum Gasteiger partial charge on any atom is -0.493 e. The van der Waals surface area contributed by atoms with E-state index in [1.165, 1.54) is 23.4 Å². The van der Waals surface area contributed by atoms with Crippen LogP contribution in [0.2, 0.25) is 0 Å². The van der Waals surface area contributed by atoms with Crippen molar-refractivity contribution in [1.82, 2.24) is 5.32 Å². The van der Waals surface area contributed by atoms with E-state index in [9.17, 15) is 27.6 Å². The van der Waals surface area contributed by atoms with Crippen molar-refractivity contribution in [3.8, 4) is 17.2 Å². The van der Waals surface area contributed by atoms with Gasteiger partial charge in [0.05, 0.1) is 31.5 Å². The first-order chi connectivity index (χ1) is 35.6. The molecule has 5 aromatic rings. The number of carbonyl (C=O) groups excluding carboxylic acids is 4. The van der Waals surface area contributed by atoms with E-state index in [0.29, 0.717) is 71.2 Å². The van der Waals surface area contributed by atoms with Crippen LogP contribution in [-0.4, -0.2) is 87.4 Å². The zero-order valence-corrected chi connectivity index (χ0v) is 44.8. The van der Waals surface area contributed by atoms with Gasteiger partial charge < -0.3 is 29.7 Å². The predicted molar refractivity (Wildman–Crippen MR) is 292 cm³/mol. The number of benzene rings is 5. The number of ether oxygens (including phenoxy) is 3. The lowest BCUT2D eigenvalue weighted by Crippen LogP contribution is -2.39. The highest BCUT2D eigenvalue weighted by atomic mass is 33.1. The third kappa shape index (κ3) is 11.3. The van der Waals surface area contributed by atoms with Crippen molar-refractivity contribution in [1.29, 1.82) is 0 Å². The van der Waals surface area contributed by atoms with Crippen molar-refractivity contribution < 1.29 is 46.0 Å². The molecule has 0 bridgehead atoms. The Hall–Kier alpha value is -6.34. The molecule has 0 aromatic heterocycles. The number of rotatable bonds is 20. The van der Waals surface area contributed by atoms with Gasteiger partial charge >= 0.3 is 0 Å². The van der Waals surface area contributed by atoms with Gasteiger partial charge in [-0.15, -0.1) is 0 Å². The summed E-state index contributed by atoms with van der Waals surface area (Å²) in [5.74, 6) is 0.972. The Morgan fingerprint density at radius 2 is 1.50 bits per heavy atom. The quantitative estimate of drug-likeness (QED) is 0.0428.